The molecule has 0 spiro atoms. The van der Waals surface area contributed by atoms with Crippen molar-refractivity contribution in [1.29, 1.82) is 0 Å². The minimum atomic E-state index is -2.46. The SMILES string of the molecule is CC[Si](CC)(CC)OC1C(=O)C2(C)C(O[Si](CC)(CC)CC)CC3OCC3(OC(C)=O)C2C(O)C2(O)CC(O[Si](C)(C)C)C(C)=C1C2(C)C. The van der Waals surface area contributed by atoms with Gasteiger partial charge in [0, 0.05) is 31.1 Å². The topological polar surface area (TPSA) is 121 Å². The maximum atomic E-state index is 16.1. The van der Waals surface area contributed by atoms with Crippen LogP contribution >= 0.6 is 0 Å². The molecule has 12 heteroatoms. The van der Waals surface area contributed by atoms with Gasteiger partial charge >= 0.3 is 5.97 Å². The van der Waals surface area contributed by atoms with Crippen molar-refractivity contribution in [1.82, 2.24) is 0 Å². The van der Waals surface area contributed by atoms with Gasteiger partial charge in [0.15, 0.2) is 36.3 Å². The van der Waals surface area contributed by atoms with Crippen molar-refractivity contribution in [2.24, 2.45) is 16.7 Å². The smallest absolute Gasteiger partial charge is 0.303 e. The fourth-order valence-electron chi connectivity index (χ4n) is 10.1. The molecular weight excluding hydrogens is 673 g/mol. The lowest BCUT2D eigenvalue weighted by molar-refractivity contribution is -0.345. The molecule has 9 nitrogen and oxygen atoms in total. The standard InChI is InChI=1S/C37H68O9Si3/c1-15-48(16-2,17-3)45-27-21-28-36(23-42-28,43-25(8)38)31-33(40)37(41)22-26(44-47(12,13)14)24(7)29(34(37,9)10)30(32(39)35(27,31)11)46-49(18-4,19-5)20-6/h26-28,30-31,33,40-41H,15-23H2,1-14H3. The summed E-state index contributed by atoms with van der Waals surface area (Å²) in [5, 5.41) is 26.4. The predicted molar refractivity (Wildman–Crippen MR) is 200 cm³/mol. The summed E-state index contributed by atoms with van der Waals surface area (Å²) >= 11 is 0. The molecular formula is C37H68O9Si3. The maximum Gasteiger partial charge on any atom is 0.303 e. The third-order valence-electron chi connectivity index (χ3n) is 13.8. The van der Waals surface area contributed by atoms with E-state index in [4.69, 9.17) is 22.8 Å². The molecule has 0 radical (unpaired) electrons. The van der Waals surface area contributed by atoms with E-state index in [1.165, 1.54) is 6.92 Å². The Morgan fingerprint density at radius 3 is 1.84 bits per heavy atom. The van der Waals surface area contributed by atoms with E-state index in [1.807, 2.05) is 27.7 Å². The van der Waals surface area contributed by atoms with E-state index in [1.54, 1.807) is 0 Å². The molecule has 0 amide bonds. The van der Waals surface area contributed by atoms with Crippen LogP contribution in [0.25, 0.3) is 0 Å². The highest BCUT2D eigenvalue weighted by molar-refractivity contribution is 6.74. The van der Waals surface area contributed by atoms with Gasteiger partial charge in [0.1, 0.15) is 17.8 Å². The summed E-state index contributed by atoms with van der Waals surface area (Å²) in [5.74, 6) is -1.69. The Bertz CT molecular complexity index is 1270. The number of ketones is 1. The molecule has 0 aromatic carbocycles. The van der Waals surface area contributed by atoms with Crippen molar-refractivity contribution < 1.29 is 42.6 Å². The molecule has 2 N–H and O–H groups in total. The largest absolute Gasteiger partial charge is 0.454 e. The van der Waals surface area contributed by atoms with Gasteiger partial charge in [-0.25, -0.2) is 0 Å². The van der Waals surface area contributed by atoms with Crippen molar-refractivity contribution in [3.8, 4) is 0 Å². The second kappa shape index (κ2) is 13.9. The monoisotopic (exact) mass is 740 g/mol. The Balaban J connectivity index is 2.14. The fourth-order valence-corrected chi connectivity index (χ4v) is 16.9. The molecule has 2 saturated carbocycles. The number of carbonyl (C=O) groups is 2. The van der Waals surface area contributed by atoms with E-state index in [0.29, 0.717) is 6.42 Å². The summed E-state index contributed by atoms with van der Waals surface area (Å²) in [5.41, 5.74) is -3.93. The molecule has 0 aromatic rings. The minimum Gasteiger partial charge on any atom is -0.454 e. The Morgan fingerprint density at radius 2 is 1.41 bits per heavy atom. The van der Waals surface area contributed by atoms with Crippen molar-refractivity contribution in [2.45, 2.75) is 187 Å². The van der Waals surface area contributed by atoms with Crippen LogP contribution in [0.4, 0.5) is 0 Å². The summed E-state index contributed by atoms with van der Waals surface area (Å²) < 4.78 is 34.0. The first-order chi connectivity index (χ1) is 22.6. The third kappa shape index (κ3) is 6.38. The molecule has 9 atom stereocenters. The lowest BCUT2D eigenvalue weighted by Crippen LogP contribution is -2.82. The van der Waals surface area contributed by atoms with Gasteiger partial charge in [-0.3, -0.25) is 9.59 Å². The summed E-state index contributed by atoms with van der Waals surface area (Å²) in [6, 6.07) is 5.14. The van der Waals surface area contributed by atoms with Crippen LogP contribution in [0, 0.1) is 16.7 Å². The van der Waals surface area contributed by atoms with Gasteiger partial charge in [0.25, 0.3) is 0 Å². The Labute approximate surface area is 299 Å². The van der Waals surface area contributed by atoms with E-state index in [2.05, 4.69) is 61.2 Å². The average Bonchev–Trinajstić information content (AvgIpc) is 3.02. The van der Waals surface area contributed by atoms with Crippen molar-refractivity contribution in [3.63, 3.8) is 0 Å². The van der Waals surface area contributed by atoms with Crippen LogP contribution in [0.2, 0.25) is 55.9 Å². The van der Waals surface area contributed by atoms with Crippen molar-refractivity contribution in [3.05, 3.63) is 11.1 Å². The van der Waals surface area contributed by atoms with Crippen LogP contribution in [0.15, 0.2) is 11.1 Å². The zero-order valence-electron chi connectivity index (χ0n) is 33.1. The Morgan fingerprint density at radius 1 is 0.898 bits per heavy atom. The molecule has 0 aromatic heterocycles. The first-order valence-electron chi connectivity index (χ1n) is 19.1. The highest BCUT2D eigenvalue weighted by Gasteiger charge is 2.77. The molecule has 1 heterocycles. The Kier molecular flexibility index (Phi) is 11.7. The van der Waals surface area contributed by atoms with Crippen LogP contribution in [-0.2, 0) is 32.3 Å². The zero-order chi connectivity index (χ0) is 37.2. The van der Waals surface area contributed by atoms with Gasteiger partial charge in [-0.2, -0.15) is 0 Å². The summed E-state index contributed by atoms with van der Waals surface area (Å²) in [6.45, 7) is 28.5. The number of esters is 1. The molecule has 282 valence electrons. The molecule has 1 saturated heterocycles. The molecule has 3 fully saturated rings. The number of fused-ring (bicyclic) bond motifs is 5. The second-order valence-corrected chi connectivity index (χ2v) is 31.2. The van der Waals surface area contributed by atoms with Gasteiger partial charge in [0.05, 0.1) is 30.3 Å². The minimum absolute atomic E-state index is 0.0304. The zero-order valence-corrected chi connectivity index (χ0v) is 36.1. The summed E-state index contributed by atoms with van der Waals surface area (Å²) in [6.07, 6.45) is -3.72. The number of Topliss-reactive ketones (excluding diaryl/α,β-unsaturated/α-hetero) is 1. The highest BCUT2D eigenvalue weighted by atomic mass is 28.4. The quantitative estimate of drug-likeness (QED) is 0.115. The van der Waals surface area contributed by atoms with E-state index in [9.17, 15) is 15.0 Å². The van der Waals surface area contributed by atoms with E-state index < -0.39 is 89.4 Å². The number of carbonyl (C=O) groups excluding carboxylic acids is 2. The van der Waals surface area contributed by atoms with Crippen LogP contribution < -0.4 is 0 Å². The maximum absolute atomic E-state index is 16.1. The molecule has 9 unspecified atom stereocenters. The number of rotatable bonds is 13. The lowest BCUT2D eigenvalue weighted by Gasteiger charge is -2.68. The number of aliphatic hydroxyl groups excluding tert-OH is 1. The van der Waals surface area contributed by atoms with Crippen LogP contribution in [0.1, 0.15) is 89.0 Å². The molecule has 4 rings (SSSR count). The van der Waals surface area contributed by atoms with Gasteiger partial charge in [0.2, 0.25) is 0 Å². The summed E-state index contributed by atoms with van der Waals surface area (Å²) in [4.78, 5) is 29.0. The van der Waals surface area contributed by atoms with Crippen LogP contribution in [-0.4, -0.2) is 95.2 Å². The van der Waals surface area contributed by atoms with Crippen molar-refractivity contribution >= 4 is 36.7 Å². The van der Waals surface area contributed by atoms with Crippen LogP contribution in [0.3, 0.4) is 0 Å². The number of ether oxygens (including phenoxy) is 2. The molecule has 3 aliphatic carbocycles. The van der Waals surface area contributed by atoms with E-state index in [-0.39, 0.29) is 18.8 Å². The Hall–Kier alpha value is -0.709. The predicted octanol–water partition coefficient (Wildman–Crippen LogP) is 7.14. The molecule has 4 aliphatic rings. The number of hydrogen-bond acceptors (Lipinski definition) is 9. The molecule has 1 aliphatic heterocycles. The summed E-state index contributed by atoms with van der Waals surface area (Å²) in [7, 11) is -6.96. The second-order valence-electron chi connectivity index (χ2n) is 17.3. The van der Waals surface area contributed by atoms with Gasteiger partial charge in [-0.1, -0.05) is 55.4 Å². The normalized spacial score (nSPS) is 37.8. The molecule has 2 bridgehead atoms. The number of hydrogen-bond donors (Lipinski definition) is 2. The van der Waals surface area contributed by atoms with Crippen LogP contribution in [0.5, 0.6) is 0 Å². The molecule has 49 heavy (non-hydrogen) atoms. The van der Waals surface area contributed by atoms with Gasteiger partial charge in [-0.15, -0.1) is 0 Å². The van der Waals surface area contributed by atoms with E-state index >= 15 is 4.79 Å². The lowest BCUT2D eigenvalue weighted by atomic mass is 9.45. The highest BCUT2D eigenvalue weighted by Crippen LogP contribution is 2.64. The average molecular weight is 741 g/mol. The van der Waals surface area contributed by atoms with Crippen molar-refractivity contribution in [2.75, 3.05) is 6.61 Å². The number of aliphatic hydroxyl groups is 2. The van der Waals surface area contributed by atoms with Gasteiger partial charge in [-0.05, 0) is 80.9 Å². The first-order valence-corrected chi connectivity index (χ1v) is 27.5. The van der Waals surface area contributed by atoms with E-state index in [0.717, 1.165) is 47.4 Å². The fraction of sp³-hybridized carbons (Fsp3) is 0.892. The third-order valence-corrected chi connectivity index (χ3v) is 24.0. The van der Waals surface area contributed by atoms with Gasteiger partial charge < -0.3 is 33.0 Å². The first kappa shape index (κ1) is 41.1.